The maximum Gasteiger partial charge on any atom is 0.260 e. The summed E-state index contributed by atoms with van der Waals surface area (Å²) in [5, 5.41) is 2.82. The summed E-state index contributed by atoms with van der Waals surface area (Å²) in [5.74, 6) is 0.231. The van der Waals surface area contributed by atoms with Gasteiger partial charge in [-0.3, -0.25) is 4.79 Å². The van der Waals surface area contributed by atoms with E-state index in [9.17, 15) is 4.79 Å². The van der Waals surface area contributed by atoms with E-state index >= 15 is 0 Å². The third-order valence-electron chi connectivity index (χ3n) is 2.79. The zero-order chi connectivity index (χ0) is 15.2. The summed E-state index contributed by atoms with van der Waals surface area (Å²) < 4.78 is 15.5. The largest absolute Gasteiger partial charge is 0.489 e. The molecule has 2 aromatic rings. The minimum absolute atomic E-state index is 0.0569. The lowest BCUT2D eigenvalue weighted by atomic mass is 10.2. The van der Waals surface area contributed by atoms with Crippen LogP contribution < -0.4 is 10.1 Å². The van der Waals surface area contributed by atoms with E-state index in [1.165, 1.54) is 12.3 Å². The average Bonchev–Trinajstić information content (AvgIpc) is 2.88. The molecule has 0 aliphatic heterocycles. The number of nitrogens with one attached hydrogen (secondary N) is 1. The number of furan rings is 1. The summed E-state index contributed by atoms with van der Waals surface area (Å²) in [6, 6.07) is 7.03. The predicted octanol–water partition coefficient (Wildman–Crippen LogP) is 3.52. The van der Waals surface area contributed by atoms with Gasteiger partial charge in [0, 0.05) is 7.11 Å². The number of carbonyl (C=O) groups is 1. The Morgan fingerprint density at radius 2 is 2.14 bits per heavy atom. The van der Waals surface area contributed by atoms with Gasteiger partial charge in [0.05, 0.1) is 24.1 Å². The van der Waals surface area contributed by atoms with Gasteiger partial charge in [0.15, 0.2) is 0 Å². The Labute approximate surface area is 127 Å². The van der Waals surface area contributed by atoms with E-state index < -0.39 is 0 Å². The molecule has 6 heteroatoms. The molecule has 0 saturated carbocycles. The van der Waals surface area contributed by atoms with Crippen LogP contribution in [0.3, 0.4) is 0 Å². The molecule has 0 atom stereocenters. The van der Waals surface area contributed by atoms with Crippen molar-refractivity contribution >= 4 is 23.2 Å². The molecule has 0 spiro atoms. The second kappa shape index (κ2) is 7.15. The highest BCUT2D eigenvalue weighted by atomic mass is 35.5. The number of anilines is 1. The Bertz CT molecular complexity index is 624. The van der Waals surface area contributed by atoms with E-state index in [1.54, 1.807) is 13.2 Å². The van der Waals surface area contributed by atoms with Gasteiger partial charge in [-0.25, -0.2) is 0 Å². The van der Waals surface area contributed by atoms with E-state index in [0.717, 1.165) is 5.56 Å². The maximum atomic E-state index is 12.1. The molecule has 21 heavy (non-hydrogen) atoms. The van der Waals surface area contributed by atoms with Gasteiger partial charge in [0.25, 0.3) is 5.91 Å². The van der Waals surface area contributed by atoms with Crippen molar-refractivity contribution in [1.82, 2.24) is 0 Å². The predicted molar refractivity (Wildman–Crippen MR) is 80.2 cm³/mol. The van der Waals surface area contributed by atoms with Gasteiger partial charge in [-0.15, -0.1) is 0 Å². The molecule has 0 saturated heterocycles. The zero-order valence-corrected chi connectivity index (χ0v) is 12.6. The van der Waals surface area contributed by atoms with E-state index in [2.05, 4.69) is 5.32 Å². The van der Waals surface area contributed by atoms with Gasteiger partial charge in [0.1, 0.15) is 12.4 Å². The van der Waals surface area contributed by atoms with Crippen molar-refractivity contribution in [3.05, 3.63) is 46.9 Å². The van der Waals surface area contributed by atoms with Gasteiger partial charge >= 0.3 is 0 Å². The van der Waals surface area contributed by atoms with Gasteiger partial charge in [0.2, 0.25) is 5.22 Å². The highest BCUT2D eigenvalue weighted by Crippen LogP contribution is 2.27. The summed E-state index contributed by atoms with van der Waals surface area (Å²) in [4.78, 5) is 12.1. The first-order chi connectivity index (χ1) is 10.1. The Morgan fingerprint density at radius 1 is 1.33 bits per heavy atom. The lowest BCUT2D eigenvalue weighted by molar-refractivity contribution is 0.102. The van der Waals surface area contributed by atoms with Crippen LogP contribution in [0, 0.1) is 6.92 Å². The van der Waals surface area contributed by atoms with Crippen LogP contribution in [0.2, 0.25) is 5.22 Å². The van der Waals surface area contributed by atoms with Crippen LogP contribution in [0.15, 0.2) is 34.9 Å². The first kappa shape index (κ1) is 15.4. The summed E-state index contributed by atoms with van der Waals surface area (Å²) in [6.07, 6.45) is 1.36. The topological polar surface area (TPSA) is 60.7 Å². The highest BCUT2D eigenvalue weighted by molar-refractivity contribution is 6.32. The van der Waals surface area contributed by atoms with Crippen LogP contribution >= 0.6 is 11.6 Å². The number of methoxy groups -OCH3 is 1. The molecule has 0 fully saturated rings. The van der Waals surface area contributed by atoms with Gasteiger partial charge in [-0.1, -0.05) is 6.07 Å². The SMILES string of the molecule is COCCOc1cc(C)ccc1NC(=O)c1ccoc1Cl. The fraction of sp³-hybridized carbons (Fsp3) is 0.267. The molecule has 0 radical (unpaired) electrons. The van der Waals surface area contributed by atoms with Crippen LogP contribution in [-0.2, 0) is 4.74 Å². The average molecular weight is 310 g/mol. The fourth-order valence-corrected chi connectivity index (χ4v) is 1.93. The smallest absolute Gasteiger partial charge is 0.260 e. The lowest BCUT2D eigenvalue weighted by Crippen LogP contribution is -2.13. The number of aryl methyl sites for hydroxylation is 1. The lowest BCUT2D eigenvalue weighted by Gasteiger charge is -2.13. The minimum Gasteiger partial charge on any atom is -0.489 e. The van der Waals surface area contributed by atoms with Gasteiger partial charge in [-0.05, 0) is 42.3 Å². The van der Waals surface area contributed by atoms with Crippen LogP contribution in [-0.4, -0.2) is 26.2 Å². The first-order valence-electron chi connectivity index (χ1n) is 6.38. The number of hydrogen-bond donors (Lipinski definition) is 1. The van der Waals surface area contributed by atoms with Crippen molar-refractivity contribution in [3.63, 3.8) is 0 Å². The van der Waals surface area contributed by atoms with E-state index in [0.29, 0.717) is 24.7 Å². The van der Waals surface area contributed by atoms with Crippen LogP contribution in [0.1, 0.15) is 15.9 Å². The molecule has 1 N–H and O–H groups in total. The summed E-state index contributed by atoms with van der Waals surface area (Å²) in [7, 11) is 1.60. The van der Waals surface area contributed by atoms with E-state index in [4.69, 9.17) is 25.5 Å². The number of ether oxygens (including phenoxy) is 2. The Kier molecular flexibility index (Phi) is 5.25. The first-order valence-corrected chi connectivity index (χ1v) is 6.76. The fourth-order valence-electron chi connectivity index (χ4n) is 1.73. The molecule has 0 unspecified atom stereocenters. The second-order valence-corrected chi connectivity index (χ2v) is 4.75. The zero-order valence-electron chi connectivity index (χ0n) is 11.8. The van der Waals surface area contributed by atoms with Crippen molar-refractivity contribution in [2.45, 2.75) is 6.92 Å². The third-order valence-corrected chi connectivity index (χ3v) is 3.09. The Balaban J connectivity index is 2.15. The second-order valence-electron chi connectivity index (χ2n) is 4.40. The number of benzene rings is 1. The van der Waals surface area contributed by atoms with Crippen molar-refractivity contribution in [2.24, 2.45) is 0 Å². The standard InChI is InChI=1S/C15H16ClNO4/c1-10-3-4-12(13(9-10)20-8-7-19-2)17-15(18)11-5-6-21-14(11)16/h3-6,9H,7-8H2,1-2H3,(H,17,18). The highest BCUT2D eigenvalue weighted by Gasteiger charge is 2.15. The van der Waals surface area contributed by atoms with Crippen molar-refractivity contribution in [1.29, 1.82) is 0 Å². The molecule has 112 valence electrons. The number of halogens is 1. The molecule has 1 heterocycles. The summed E-state index contributed by atoms with van der Waals surface area (Å²) in [6.45, 7) is 2.81. The Morgan fingerprint density at radius 3 is 2.81 bits per heavy atom. The number of hydrogen-bond acceptors (Lipinski definition) is 4. The summed E-state index contributed by atoms with van der Waals surface area (Å²) in [5.41, 5.74) is 1.88. The molecular weight excluding hydrogens is 294 g/mol. The molecular formula is C15H16ClNO4. The third kappa shape index (κ3) is 4.00. The monoisotopic (exact) mass is 309 g/mol. The molecule has 0 aliphatic rings. The molecule has 2 rings (SSSR count). The quantitative estimate of drug-likeness (QED) is 0.829. The van der Waals surface area contributed by atoms with Crippen LogP contribution in [0.4, 0.5) is 5.69 Å². The number of amides is 1. The van der Waals surface area contributed by atoms with E-state index in [-0.39, 0.29) is 16.7 Å². The van der Waals surface area contributed by atoms with Gasteiger partial charge in [-0.2, -0.15) is 0 Å². The maximum absolute atomic E-state index is 12.1. The van der Waals surface area contributed by atoms with Crippen LogP contribution in [0.5, 0.6) is 5.75 Å². The van der Waals surface area contributed by atoms with Gasteiger partial charge < -0.3 is 19.2 Å². The molecule has 1 aromatic heterocycles. The van der Waals surface area contributed by atoms with Crippen LogP contribution in [0.25, 0.3) is 0 Å². The molecule has 0 aliphatic carbocycles. The van der Waals surface area contributed by atoms with Crippen molar-refractivity contribution < 1.29 is 18.7 Å². The van der Waals surface area contributed by atoms with Crippen molar-refractivity contribution in [3.8, 4) is 5.75 Å². The molecule has 1 amide bonds. The number of carbonyl (C=O) groups excluding carboxylic acids is 1. The van der Waals surface area contributed by atoms with E-state index in [1.807, 2.05) is 19.1 Å². The minimum atomic E-state index is -0.353. The Hall–Kier alpha value is -1.98. The summed E-state index contributed by atoms with van der Waals surface area (Å²) >= 11 is 5.79. The molecule has 0 bridgehead atoms. The van der Waals surface area contributed by atoms with Crippen molar-refractivity contribution in [2.75, 3.05) is 25.6 Å². The normalized spacial score (nSPS) is 10.4. The molecule has 1 aromatic carbocycles. The molecule has 5 nitrogen and oxygen atoms in total. The number of rotatable bonds is 6.